The van der Waals surface area contributed by atoms with Crippen LogP contribution in [-0.4, -0.2) is 49.8 Å². The molecule has 20 aromatic rings. The fourth-order valence-corrected chi connectivity index (χ4v) is 14.3. The summed E-state index contributed by atoms with van der Waals surface area (Å²) in [5.41, 5.74) is 19.7. The quantitative estimate of drug-likeness (QED) is 0.0964. The highest BCUT2D eigenvalue weighted by Gasteiger charge is 2.21. The Morgan fingerprint density at radius 2 is 0.471 bits per heavy atom. The van der Waals surface area contributed by atoms with Gasteiger partial charge in [-0.3, -0.25) is 0 Å². The molecule has 0 amide bonds. The monoisotopic (exact) mass is 1330 g/mol. The summed E-state index contributed by atoms with van der Waals surface area (Å²) in [6, 6.07) is 121. The molecule has 0 bridgehead atoms. The van der Waals surface area contributed by atoms with Crippen molar-refractivity contribution >= 4 is 87.0 Å². The first-order chi connectivity index (χ1) is 51.5. The van der Waals surface area contributed by atoms with Gasteiger partial charge in [0, 0.05) is 88.0 Å². The molecule has 0 spiro atoms. The van der Waals surface area contributed by atoms with Crippen LogP contribution in [0.2, 0.25) is 0 Å². The Morgan fingerprint density at radius 3 is 0.923 bits per heavy atom. The molecule has 0 aliphatic heterocycles. The van der Waals surface area contributed by atoms with Crippen molar-refractivity contribution in [2.45, 2.75) is 0 Å². The molecular weight excluding hydrogens is 1270 g/mol. The maximum absolute atomic E-state index is 5.37. The number of aromatic nitrogens is 10. The maximum atomic E-state index is 5.37. The minimum Gasteiger partial charge on any atom is -0.245 e. The molecule has 104 heavy (non-hydrogen) atoms. The number of hydrogen-bond donors (Lipinski definition) is 0. The molecule has 10 nitrogen and oxygen atoms in total. The van der Waals surface area contributed by atoms with Crippen LogP contribution >= 0.6 is 0 Å². The van der Waals surface area contributed by atoms with Gasteiger partial charge in [0.1, 0.15) is 0 Å². The van der Waals surface area contributed by atoms with E-state index in [-0.39, 0.29) is 0 Å². The normalized spacial score (nSPS) is 11.5. The zero-order valence-electron chi connectivity index (χ0n) is 56.0. The van der Waals surface area contributed by atoms with Gasteiger partial charge in [-0.15, -0.1) is 0 Å². The van der Waals surface area contributed by atoms with E-state index < -0.39 is 0 Å². The minimum absolute atomic E-state index is 0.623. The van der Waals surface area contributed by atoms with Crippen LogP contribution in [0.5, 0.6) is 0 Å². The van der Waals surface area contributed by atoms with Gasteiger partial charge in [0.25, 0.3) is 0 Å². The molecule has 10 heteroatoms. The summed E-state index contributed by atoms with van der Waals surface area (Å²) in [5.74, 6) is 3.82. The molecule has 0 aliphatic rings. The Labute approximate surface area is 598 Å². The summed E-state index contributed by atoms with van der Waals surface area (Å²) in [7, 11) is 0. The van der Waals surface area contributed by atoms with Gasteiger partial charge in [0.15, 0.2) is 34.9 Å². The lowest BCUT2D eigenvalue weighted by Crippen LogP contribution is -2.00. The fourth-order valence-electron chi connectivity index (χ4n) is 14.3. The smallest absolute Gasteiger partial charge is 0.164 e. The van der Waals surface area contributed by atoms with Crippen LogP contribution in [0.3, 0.4) is 0 Å². The SMILES string of the molecule is c1ccc(-c2nc(-c3ccccc3)nc(-c3ccc(-c4ccc5ccc6c(-c7ccccc7)c7ccccc7nc6c5n4)c4ccccc34)n2)cc1.c1ccc(-c2nc(-c3ccccc3)nc(-c3ccc4cc(-c5ccc6ccc7c(-c8ccccc8)c8ccccc8nc7c6n5)ccc4c3)n2)cc1. The molecule has 0 aliphatic carbocycles. The van der Waals surface area contributed by atoms with Gasteiger partial charge in [-0.25, -0.2) is 49.8 Å². The molecule has 484 valence electrons. The molecule has 0 radical (unpaired) electrons. The fraction of sp³-hybridized carbons (Fsp3) is 0. The Bertz CT molecular complexity index is 6590. The van der Waals surface area contributed by atoms with Crippen molar-refractivity contribution in [3.8, 4) is 113 Å². The van der Waals surface area contributed by atoms with Crippen molar-refractivity contribution in [1.29, 1.82) is 0 Å². The molecule has 6 aromatic heterocycles. The lowest BCUT2D eigenvalue weighted by atomic mass is 9.94. The van der Waals surface area contributed by atoms with Gasteiger partial charge in [-0.05, 0) is 75.1 Å². The van der Waals surface area contributed by atoms with E-state index in [0.717, 1.165) is 148 Å². The van der Waals surface area contributed by atoms with Gasteiger partial charge in [0.05, 0.1) is 44.5 Å². The van der Waals surface area contributed by atoms with E-state index in [1.807, 2.05) is 133 Å². The van der Waals surface area contributed by atoms with Gasteiger partial charge in [-0.1, -0.05) is 309 Å². The van der Waals surface area contributed by atoms with E-state index in [2.05, 4.69) is 218 Å². The number of pyridine rings is 4. The predicted octanol–water partition coefficient (Wildman–Crippen LogP) is 23.2. The third kappa shape index (κ3) is 11.3. The summed E-state index contributed by atoms with van der Waals surface area (Å²) < 4.78 is 0. The first-order valence-corrected chi connectivity index (χ1v) is 34.7. The number of fused-ring (bicyclic) bond motifs is 10. The van der Waals surface area contributed by atoms with Crippen LogP contribution in [0.25, 0.3) is 200 Å². The topological polar surface area (TPSA) is 129 Å². The molecular formula is C94H58N10. The van der Waals surface area contributed by atoms with E-state index in [9.17, 15) is 0 Å². The third-order valence-electron chi connectivity index (χ3n) is 19.4. The largest absolute Gasteiger partial charge is 0.245 e. The standard InChI is InChI=1S/2C47H29N5/c1-4-14-30(15-5-1)42-38-22-12-13-23-40(38)49-44-39(42)26-24-31-25-29-41(48-43(31)44)36-27-28-37(35-21-11-10-20-34(35)36)47-51-45(32-16-6-2-7-17-32)50-46(52-47)33-18-8-3-9-19-33;1-4-12-30(13-5-1)42-38-18-10-11-19-41(38)49-44-39(42)26-24-31-25-27-40(48-43(31)44)36-22-20-35-29-37(23-21-34(35)28-36)47-51-45(32-14-6-2-7-15-32)50-46(52-47)33-16-8-3-9-17-33/h2*1-29H. The van der Waals surface area contributed by atoms with Gasteiger partial charge in [-0.2, -0.15) is 0 Å². The number of hydrogen-bond acceptors (Lipinski definition) is 10. The maximum Gasteiger partial charge on any atom is 0.164 e. The van der Waals surface area contributed by atoms with E-state index in [4.69, 9.17) is 49.8 Å². The Balaban J connectivity index is 0.000000143. The second-order valence-corrected chi connectivity index (χ2v) is 25.8. The second kappa shape index (κ2) is 26.1. The zero-order chi connectivity index (χ0) is 68.9. The molecule has 0 saturated carbocycles. The van der Waals surface area contributed by atoms with E-state index in [1.54, 1.807) is 0 Å². The molecule has 0 atom stereocenters. The van der Waals surface area contributed by atoms with E-state index in [0.29, 0.717) is 34.9 Å². The molecule has 0 fully saturated rings. The van der Waals surface area contributed by atoms with Gasteiger partial charge in [0.2, 0.25) is 0 Å². The Hall–Kier alpha value is -14.2. The van der Waals surface area contributed by atoms with Crippen LogP contribution in [0.15, 0.2) is 352 Å². The molecule has 20 rings (SSSR count). The molecule has 6 heterocycles. The van der Waals surface area contributed by atoms with Crippen molar-refractivity contribution in [1.82, 2.24) is 49.8 Å². The van der Waals surface area contributed by atoms with Crippen molar-refractivity contribution in [2.24, 2.45) is 0 Å². The lowest BCUT2D eigenvalue weighted by Gasteiger charge is -2.14. The molecule has 0 unspecified atom stereocenters. The zero-order valence-corrected chi connectivity index (χ0v) is 56.0. The average molecular weight is 1330 g/mol. The van der Waals surface area contributed by atoms with E-state index >= 15 is 0 Å². The first kappa shape index (κ1) is 60.9. The van der Waals surface area contributed by atoms with Crippen molar-refractivity contribution in [3.63, 3.8) is 0 Å². The van der Waals surface area contributed by atoms with Crippen molar-refractivity contribution < 1.29 is 0 Å². The summed E-state index contributed by atoms with van der Waals surface area (Å²) in [6.45, 7) is 0. The molecule has 0 saturated heterocycles. The Morgan fingerprint density at radius 1 is 0.154 bits per heavy atom. The lowest BCUT2D eigenvalue weighted by molar-refractivity contribution is 1.07. The predicted molar refractivity (Wildman–Crippen MR) is 425 cm³/mol. The van der Waals surface area contributed by atoms with Crippen LogP contribution in [0.4, 0.5) is 0 Å². The highest BCUT2D eigenvalue weighted by molar-refractivity contribution is 6.18. The van der Waals surface area contributed by atoms with Crippen molar-refractivity contribution in [3.05, 3.63) is 352 Å². The number of benzene rings is 14. The van der Waals surface area contributed by atoms with Gasteiger partial charge < -0.3 is 0 Å². The van der Waals surface area contributed by atoms with Crippen LogP contribution < -0.4 is 0 Å². The van der Waals surface area contributed by atoms with E-state index in [1.165, 1.54) is 16.7 Å². The minimum atomic E-state index is 0.623. The highest BCUT2D eigenvalue weighted by Crippen LogP contribution is 2.42. The average Bonchev–Trinajstić information content (AvgIpc) is 0.727. The van der Waals surface area contributed by atoms with Crippen molar-refractivity contribution in [2.75, 3.05) is 0 Å². The number of para-hydroxylation sites is 2. The molecule has 0 N–H and O–H groups in total. The van der Waals surface area contributed by atoms with Crippen LogP contribution in [0.1, 0.15) is 0 Å². The Kier molecular flexibility index (Phi) is 15.3. The highest BCUT2D eigenvalue weighted by atomic mass is 15.0. The summed E-state index contributed by atoms with van der Waals surface area (Å²) in [4.78, 5) is 50.8. The molecule has 14 aromatic carbocycles. The van der Waals surface area contributed by atoms with Crippen LogP contribution in [-0.2, 0) is 0 Å². The third-order valence-corrected chi connectivity index (χ3v) is 19.4. The first-order valence-electron chi connectivity index (χ1n) is 34.7. The van der Waals surface area contributed by atoms with Gasteiger partial charge >= 0.3 is 0 Å². The summed E-state index contributed by atoms with van der Waals surface area (Å²) in [6.07, 6.45) is 0. The second-order valence-electron chi connectivity index (χ2n) is 25.8. The summed E-state index contributed by atoms with van der Waals surface area (Å²) >= 11 is 0. The number of rotatable bonds is 10. The summed E-state index contributed by atoms with van der Waals surface area (Å²) in [5, 5.41) is 10.9. The number of nitrogens with zero attached hydrogens (tertiary/aromatic N) is 10. The van der Waals surface area contributed by atoms with Crippen LogP contribution in [0, 0.1) is 0 Å².